The number of hydrogen-bond donors (Lipinski definition) is 1. The zero-order valence-corrected chi connectivity index (χ0v) is 14.0. The van der Waals surface area contributed by atoms with E-state index in [2.05, 4.69) is 20.3 Å². The number of aromatic nitrogens is 4. The molecule has 1 N–H and O–H groups in total. The van der Waals surface area contributed by atoms with Gasteiger partial charge in [0.2, 0.25) is 5.95 Å². The molecule has 0 amide bonds. The van der Waals surface area contributed by atoms with E-state index in [1.165, 1.54) is 10.8 Å². The van der Waals surface area contributed by atoms with E-state index >= 15 is 0 Å². The van der Waals surface area contributed by atoms with Gasteiger partial charge in [-0.2, -0.15) is 4.98 Å². The highest BCUT2D eigenvalue weighted by Gasteiger charge is 2.10. The fourth-order valence-corrected chi connectivity index (χ4v) is 2.60. The molecule has 0 atom stereocenters. The molecule has 26 heavy (non-hydrogen) atoms. The molecule has 0 fully saturated rings. The highest BCUT2D eigenvalue weighted by atomic mass is 16.5. The lowest BCUT2D eigenvalue weighted by atomic mass is 10.3. The number of benzene rings is 2. The standard InChI is InChI=1S/C19H15N5O2/c1-26-15-9-7-14(8-10-15)24-17(25)12-20-16-11-21-19(23-18(16)24)22-13-5-3-2-4-6-13/h2-12H,1H3,(H,21,22,23). The first-order valence-corrected chi connectivity index (χ1v) is 7.96. The number of methoxy groups -OCH3 is 1. The molecule has 0 bridgehead atoms. The number of anilines is 2. The summed E-state index contributed by atoms with van der Waals surface area (Å²) in [5.41, 5.74) is 2.21. The van der Waals surface area contributed by atoms with Crippen LogP contribution in [0, 0.1) is 0 Å². The van der Waals surface area contributed by atoms with Gasteiger partial charge in [-0.05, 0) is 36.4 Å². The summed E-state index contributed by atoms with van der Waals surface area (Å²) in [5, 5.41) is 3.13. The van der Waals surface area contributed by atoms with E-state index in [-0.39, 0.29) is 5.56 Å². The number of ether oxygens (including phenoxy) is 1. The smallest absolute Gasteiger partial charge is 0.275 e. The van der Waals surface area contributed by atoms with Crippen LogP contribution in [0.4, 0.5) is 11.6 Å². The molecule has 0 aliphatic rings. The second-order valence-corrected chi connectivity index (χ2v) is 5.52. The third-order valence-electron chi connectivity index (χ3n) is 3.86. The van der Waals surface area contributed by atoms with Gasteiger partial charge in [0.05, 0.1) is 25.2 Å². The molecule has 0 aliphatic heterocycles. The van der Waals surface area contributed by atoms with Crippen LogP contribution >= 0.6 is 0 Å². The van der Waals surface area contributed by atoms with Gasteiger partial charge in [-0.25, -0.2) is 9.97 Å². The van der Waals surface area contributed by atoms with Crippen LogP contribution in [0.5, 0.6) is 5.75 Å². The lowest BCUT2D eigenvalue weighted by molar-refractivity contribution is 0.414. The SMILES string of the molecule is COc1ccc(-n2c(=O)cnc3cnc(Nc4ccccc4)nc32)cc1. The molecule has 2 aromatic carbocycles. The van der Waals surface area contributed by atoms with Crippen molar-refractivity contribution in [1.29, 1.82) is 0 Å². The molecule has 0 spiro atoms. The van der Waals surface area contributed by atoms with E-state index in [0.29, 0.717) is 28.5 Å². The summed E-state index contributed by atoms with van der Waals surface area (Å²) in [6.07, 6.45) is 2.85. The first-order chi connectivity index (χ1) is 12.7. The van der Waals surface area contributed by atoms with E-state index < -0.39 is 0 Å². The van der Waals surface area contributed by atoms with Gasteiger partial charge in [-0.3, -0.25) is 9.36 Å². The Bertz CT molecular complexity index is 1110. The van der Waals surface area contributed by atoms with Gasteiger partial charge in [0.1, 0.15) is 11.3 Å². The Morgan fingerprint density at radius 2 is 1.73 bits per heavy atom. The Labute approximate surface area is 149 Å². The van der Waals surface area contributed by atoms with E-state index in [4.69, 9.17) is 4.74 Å². The topological polar surface area (TPSA) is 81.9 Å². The number of nitrogens with zero attached hydrogens (tertiary/aromatic N) is 4. The molecular formula is C19H15N5O2. The van der Waals surface area contributed by atoms with Crippen molar-refractivity contribution >= 4 is 22.8 Å². The maximum atomic E-state index is 12.4. The number of fused-ring (bicyclic) bond motifs is 1. The maximum Gasteiger partial charge on any atom is 0.275 e. The van der Waals surface area contributed by atoms with Gasteiger partial charge in [0.25, 0.3) is 5.56 Å². The van der Waals surface area contributed by atoms with Gasteiger partial charge >= 0.3 is 0 Å². The monoisotopic (exact) mass is 345 g/mol. The summed E-state index contributed by atoms with van der Waals surface area (Å²) >= 11 is 0. The van der Waals surface area contributed by atoms with E-state index in [1.54, 1.807) is 37.6 Å². The number of hydrogen-bond acceptors (Lipinski definition) is 6. The number of rotatable bonds is 4. The van der Waals surface area contributed by atoms with Crippen molar-refractivity contribution in [3.63, 3.8) is 0 Å². The molecule has 4 aromatic rings. The third-order valence-corrected chi connectivity index (χ3v) is 3.86. The quantitative estimate of drug-likeness (QED) is 0.612. The summed E-state index contributed by atoms with van der Waals surface area (Å²) in [7, 11) is 1.60. The van der Waals surface area contributed by atoms with Gasteiger partial charge < -0.3 is 10.1 Å². The highest BCUT2D eigenvalue weighted by Crippen LogP contribution is 2.18. The molecule has 4 rings (SSSR count). The van der Waals surface area contributed by atoms with Crippen molar-refractivity contribution in [1.82, 2.24) is 19.5 Å². The van der Waals surface area contributed by atoms with E-state index in [9.17, 15) is 4.79 Å². The zero-order valence-electron chi connectivity index (χ0n) is 14.0. The predicted octanol–water partition coefficient (Wildman–Crippen LogP) is 2.93. The zero-order chi connectivity index (χ0) is 17.9. The lowest BCUT2D eigenvalue weighted by Gasteiger charge is -2.11. The van der Waals surface area contributed by atoms with Gasteiger partial charge in [0, 0.05) is 5.69 Å². The fraction of sp³-hybridized carbons (Fsp3) is 0.0526. The van der Waals surface area contributed by atoms with Crippen molar-refractivity contribution in [2.75, 3.05) is 12.4 Å². The van der Waals surface area contributed by atoms with Crippen molar-refractivity contribution < 1.29 is 4.74 Å². The summed E-state index contributed by atoms with van der Waals surface area (Å²) in [5.74, 6) is 1.10. The third kappa shape index (κ3) is 2.98. The second-order valence-electron chi connectivity index (χ2n) is 5.52. The van der Waals surface area contributed by atoms with E-state index in [1.807, 2.05) is 30.3 Å². The molecule has 7 nitrogen and oxygen atoms in total. The molecule has 0 aliphatic carbocycles. The van der Waals surface area contributed by atoms with Gasteiger partial charge in [-0.1, -0.05) is 18.2 Å². The Balaban J connectivity index is 1.84. The summed E-state index contributed by atoms with van der Waals surface area (Å²) < 4.78 is 6.67. The van der Waals surface area contributed by atoms with Gasteiger partial charge in [-0.15, -0.1) is 0 Å². The van der Waals surface area contributed by atoms with Gasteiger partial charge in [0.15, 0.2) is 5.65 Å². The minimum atomic E-state index is -0.271. The normalized spacial score (nSPS) is 10.7. The van der Waals surface area contributed by atoms with Crippen LogP contribution in [0.15, 0.2) is 71.8 Å². The predicted molar refractivity (Wildman–Crippen MR) is 99.2 cm³/mol. The average molecular weight is 345 g/mol. The summed E-state index contributed by atoms with van der Waals surface area (Å²) in [4.78, 5) is 25.4. The van der Waals surface area contributed by atoms with Crippen molar-refractivity contribution in [3.05, 3.63) is 77.3 Å². The molecule has 128 valence electrons. The second kappa shape index (κ2) is 6.64. The Morgan fingerprint density at radius 3 is 2.46 bits per heavy atom. The largest absolute Gasteiger partial charge is 0.497 e. The molecule has 0 saturated carbocycles. The Kier molecular flexibility index (Phi) is 4.03. The summed E-state index contributed by atoms with van der Waals surface area (Å²) in [6, 6.07) is 16.8. The van der Waals surface area contributed by atoms with Crippen LogP contribution in [0.1, 0.15) is 0 Å². The van der Waals surface area contributed by atoms with E-state index in [0.717, 1.165) is 5.69 Å². The first kappa shape index (κ1) is 15.8. The Morgan fingerprint density at radius 1 is 0.962 bits per heavy atom. The minimum absolute atomic E-state index is 0.271. The van der Waals surface area contributed by atoms with Crippen LogP contribution in [-0.2, 0) is 0 Å². The van der Waals surface area contributed by atoms with Crippen LogP contribution in [-0.4, -0.2) is 26.6 Å². The van der Waals surface area contributed by atoms with Crippen LogP contribution < -0.4 is 15.6 Å². The fourth-order valence-electron chi connectivity index (χ4n) is 2.60. The molecule has 0 unspecified atom stereocenters. The van der Waals surface area contributed by atoms with Crippen molar-refractivity contribution in [2.45, 2.75) is 0 Å². The van der Waals surface area contributed by atoms with Crippen molar-refractivity contribution in [3.8, 4) is 11.4 Å². The minimum Gasteiger partial charge on any atom is -0.497 e. The molecule has 0 saturated heterocycles. The number of para-hydroxylation sites is 1. The molecule has 2 heterocycles. The molecule has 2 aromatic heterocycles. The first-order valence-electron chi connectivity index (χ1n) is 7.96. The van der Waals surface area contributed by atoms with Crippen LogP contribution in [0.3, 0.4) is 0 Å². The number of nitrogens with one attached hydrogen (secondary N) is 1. The molecular weight excluding hydrogens is 330 g/mol. The Hall–Kier alpha value is -3.74. The average Bonchev–Trinajstić information content (AvgIpc) is 2.69. The maximum absolute atomic E-state index is 12.4. The molecule has 0 radical (unpaired) electrons. The van der Waals surface area contributed by atoms with Crippen molar-refractivity contribution in [2.24, 2.45) is 0 Å². The summed E-state index contributed by atoms with van der Waals surface area (Å²) in [6.45, 7) is 0. The van der Waals surface area contributed by atoms with Crippen LogP contribution in [0.2, 0.25) is 0 Å². The highest BCUT2D eigenvalue weighted by molar-refractivity contribution is 5.73. The van der Waals surface area contributed by atoms with Crippen LogP contribution in [0.25, 0.3) is 16.9 Å². The molecule has 7 heteroatoms. The lowest BCUT2D eigenvalue weighted by Crippen LogP contribution is -2.20.